The smallest absolute Gasteiger partial charge is 0.0695 e. The normalized spacial score (nSPS) is 17.1. The lowest BCUT2D eigenvalue weighted by Crippen LogP contribution is -2.05. The molecule has 3 aromatic rings. The highest BCUT2D eigenvalue weighted by Crippen LogP contribution is 2.26. The van der Waals surface area contributed by atoms with Gasteiger partial charge in [0.15, 0.2) is 0 Å². The van der Waals surface area contributed by atoms with Gasteiger partial charge in [-0.25, -0.2) is 4.68 Å². The van der Waals surface area contributed by atoms with Gasteiger partial charge in [0, 0.05) is 37.2 Å². The zero-order valence-corrected chi connectivity index (χ0v) is 13.6. The highest BCUT2D eigenvalue weighted by molar-refractivity contribution is 5.48. The Balaban J connectivity index is 1.45. The van der Waals surface area contributed by atoms with Crippen LogP contribution in [0.15, 0.2) is 67.0 Å². The van der Waals surface area contributed by atoms with Gasteiger partial charge in [-0.05, 0) is 41.8 Å². The van der Waals surface area contributed by atoms with Crippen molar-refractivity contribution in [2.75, 3.05) is 18.5 Å². The predicted molar refractivity (Wildman–Crippen MR) is 95.5 cm³/mol. The van der Waals surface area contributed by atoms with Gasteiger partial charge in [-0.15, -0.1) is 0 Å². The molecule has 1 aromatic heterocycles. The van der Waals surface area contributed by atoms with Crippen LogP contribution in [0.2, 0.25) is 0 Å². The van der Waals surface area contributed by atoms with E-state index in [1.54, 1.807) is 6.20 Å². The molecule has 0 bridgehead atoms. The number of aromatic nitrogens is 2. The van der Waals surface area contributed by atoms with Crippen LogP contribution in [-0.2, 0) is 11.3 Å². The first-order chi connectivity index (χ1) is 11.9. The molecule has 0 aliphatic carbocycles. The second kappa shape index (κ2) is 6.89. The Morgan fingerprint density at radius 2 is 1.96 bits per heavy atom. The number of benzene rings is 2. The van der Waals surface area contributed by atoms with E-state index in [1.807, 2.05) is 23.0 Å². The number of para-hydroxylation sites is 1. The molecule has 1 aliphatic heterocycles. The lowest BCUT2D eigenvalue weighted by molar-refractivity contribution is 0.194. The van der Waals surface area contributed by atoms with Gasteiger partial charge >= 0.3 is 0 Å². The molecule has 2 heterocycles. The largest absolute Gasteiger partial charge is 0.381 e. The molecule has 0 radical (unpaired) electrons. The van der Waals surface area contributed by atoms with Crippen LogP contribution in [0.1, 0.15) is 23.5 Å². The summed E-state index contributed by atoms with van der Waals surface area (Å²) in [7, 11) is 0. The third-order valence-corrected chi connectivity index (χ3v) is 4.54. The fraction of sp³-hybridized carbons (Fsp3) is 0.250. The third kappa shape index (κ3) is 3.19. The lowest BCUT2D eigenvalue weighted by atomic mass is 9.98. The maximum absolute atomic E-state index is 5.47. The third-order valence-electron chi connectivity index (χ3n) is 4.54. The molecule has 0 spiro atoms. The van der Waals surface area contributed by atoms with Crippen LogP contribution in [0.3, 0.4) is 0 Å². The highest BCUT2D eigenvalue weighted by Gasteiger charge is 2.17. The van der Waals surface area contributed by atoms with Crippen molar-refractivity contribution in [3.63, 3.8) is 0 Å². The van der Waals surface area contributed by atoms with E-state index in [0.717, 1.165) is 37.6 Å². The molecule has 2 aromatic carbocycles. The fourth-order valence-electron chi connectivity index (χ4n) is 3.16. The maximum atomic E-state index is 5.47. The van der Waals surface area contributed by atoms with Crippen molar-refractivity contribution in [3.05, 3.63) is 78.1 Å². The Hall–Kier alpha value is -2.59. The Bertz CT molecular complexity index is 775. The molecule has 1 atom stereocenters. The minimum atomic E-state index is 0.555. The van der Waals surface area contributed by atoms with Crippen LogP contribution in [0, 0.1) is 0 Å². The standard InChI is InChI=1S/C20H21N3O/c1-2-5-20(23-12-3-11-22-23)17(4-1)14-21-19-8-6-16(7-9-19)18-10-13-24-15-18/h1-9,11-12,18,21H,10,13-15H2. The zero-order valence-electron chi connectivity index (χ0n) is 13.6. The van der Waals surface area contributed by atoms with Crippen molar-refractivity contribution in [2.45, 2.75) is 18.9 Å². The molecule has 24 heavy (non-hydrogen) atoms. The van der Waals surface area contributed by atoms with E-state index in [4.69, 9.17) is 4.74 Å². The van der Waals surface area contributed by atoms with Crippen LogP contribution < -0.4 is 5.32 Å². The van der Waals surface area contributed by atoms with Crippen molar-refractivity contribution in [3.8, 4) is 5.69 Å². The minimum absolute atomic E-state index is 0.555. The Morgan fingerprint density at radius 1 is 1.08 bits per heavy atom. The summed E-state index contributed by atoms with van der Waals surface area (Å²) in [6.45, 7) is 2.50. The molecule has 122 valence electrons. The maximum Gasteiger partial charge on any atom is 0.0695 e. The molecular formula is C20H21N3O. The molecule has 4 nitrogen and oxygen atoms in total. The molecule has 1 N–H and O–H groups in total. The first-order valence-corrected chi connectivity index (χ1v) is 8.40. The van der Waals surface area contributed by atoms with Crippen LogP contribution in [0.5, 0.6) is 0 Å². The van der Waals surface area contributed by atoms with Gasteiger partial charge in [0.1, 0.15) is 0 Å². The second-order valence-corrected chi connectivity index (χ2v) is 6.12. The average Bonchev–Trinajstić information content (AvgIpc) is 3.34. The minimum Gasteiger partial charge on any atom is -0.381 e. The number of rotatable bonds is 5. The zero-order chi connectivity index (χ0) is 16.2. The summed E-state index contributed by atoms with van der Waals surface area (Å²) in [4.78, 5) is 0. The number of ether oxygens (including phenoxy) is 1. The molecule has 1 unspecified atom stereocenters. The van der Waals surface area contributed by atoms with Crippen LogP contribution >= 0.6 is 0 Å². The summed E-state index contributed by atoms with van der Waals surface area (Å²) in [5.74, 6) is 0.555. The van der Waals surface area contributed by atoms with Crippen LogP contribution in [0.25, 0.3) is 5.69 Å². The molecule has 1 fully saturated rings. The van der Waals surface area contributed by atoms with Gasteiger partial charge in [-0.2, -0.15) is 5.10 Å². The first kappa shape index (κ1) is 15.0. The second-order valence-electron chi connectivity index (χ2n) is 6.12. The van der Waals surface area contributed by atoms with Crippen molar-refractivity contribution in [2.24, 2.45) is 0 Å². The highest BCUT2D eigenvalue weighted by atomic mass is 16.5. The summed E-state index contributed by atoms with van der Waals surface area (Å²) in [5.41, 5.74) is 4.83. The summed E-state index contributed by atoms with van der Waals surface area (Å²) in [5, 5.41) is 7.84. The Labute approximate surface area is 142 Å². The average molecular weight is 319 g/mol. The van der Waals surface area contributed by atoms with Crippen molar-refractivity contribution in [1.29, 1.82) is 0 Å². The molecule has 0 amide bonds. The first-order valence-electron chi connectivity index (χ1n) is 8.40. The van der Waals surface area contributed by atoms with Gasteiger partial charge in [-0.3, -0.25) is 0 Å². The van der Waals surface area contributed by atoms with Gasteiger partial charge in [0.05, 0.1) is 12.3 Å². The Kier molecular flexibility index (Phi) is 4.30. The molecular weight excluding hydrogens is 298 g/mol. The SMILES string of the molecule is c1ccc(-n2cccn2)c(CNc2ccc(C3CCOC3)cc2)c1. The van der Waals surface area contributed by atoms with E-state index >= 15 is 0 Å². The van der Waals surface area contributed by atoms with Crippen molar-refractivity contribution < 1.29 is 4.74 Å². The summed E-state index contributed by atoms with van der Waals surface area (Å²) in [6.07, 6.45) is 4.90. The van der Waals surface area contributed by atoms with Crippen LogP contribution in [-0.4, -0.2) is 23.0 Å². The monoisotopic (exact) mass is 319 g/mol. The quantitative estimate of drug-likeness (QED) is 0.773. The van der Waals surface area contributed by atoms with E-state index in [9.17, 15) is 0 Å². The number of hydrogen-bond donors (Lipinski definition) is 1. The fourth-order valence-corrected chi connectivity index (χ4v) is 3.16. The number of anilines is 1. The van der Waals surface area contributed by atoms with Gasteiger partial charge in [0.2, 0.25) is 0 Å². The molecule has 4 rings (SSSR count). The van der Waals surface area contributed by atoms with Crippen molar-refractivity contribution >= 4 is 5.69 Å². The van der Waals surface area contributed by atoms with Gasteiger partial charge < -0.3 is 10.1 Å². The summed E-state index contributed by atoms with van der Waals surface area (Å²) >= 11 is 0. The topological polar surface area (TPSA) is 39.1 Å². The number of nitrogens with one attached hydrogen (secondary N) is 1. The van der Waals surface area contributed by atoms with Gasteiger partial charge in [-0.1, -0.05) is 30.3 Å². The van der Waals surface area contributed by atoms with E-state index in [1.165, 1.54) is 11.1 Å². The van der Waals surface area contributed by atoms with E-state index in [0.29, 0.717) is 5.92 Å². The number of hydrogen-bond acceptors (Lipinski definition) is 3. The van der Waals surface area contributed by atoms with Crippen molar-refractivity contribution in [1.82, 2.24) is 9.78 Å². The van der Waals surface area contributed by atoms with Crippen LogP contribution in [0.4, 0.5) is 5.69 Å². The van der Waals surface area contributed by atoms with E-state index in [-0.39, 0.29) is 0 Å². The Morgan fingerprint density at radius 3 is 2.71 bits per heavy atom. The molecule has 0 saturated carbocycles. The van der Waals surface area contributed by atoms with E-state index in [2.05, 4.69) is 52.9 Å². The van der Waals surface area contributed by atoms with Gasteiger partial charge in [0.25, 0.3) is 0 Å². The number of nitrogens with zero attached hydrogens (tertiary/aromatic N) is 2. The van der Waals surface area contributed by atoms with E-state index < -0.39 is 0 Å². The lowest BCUT2D eigenvalue weighted by Gasteiger charge is -2.13. The molecule has 1 aliphatic rings. The summed E-state index contributed by atoms with van der Waals surface area (Å²) < 4.78 is 7.37. The molecule has 4 heteroatoms. The molecule has 1 saturated heterocycles. The predicted octanol–water partition coefficient (Wildman–Crippen LogP) is 3.99. The summed E-state index contributed by atoms with van der Waals surface area (Å²) in [6, 6.07) is 19.0.